The van der Waals surface area contributed by atoms with Gasteiger partial charge in [-0.2, -0.15) is 0 Å². The van der Waals surface area contributed by atoms with Gasteiger partial charge in [-0.1, -0.05) is 0 Å². The van der Waals surface area contributed by atoms with Crippen molar-refractivity contribution < 1.29 is 4.79 Å². The summed E-state index contributed by atoms with van der Waals surface area (Å²) in [6, 6.07) is -0.00789. The molecule has 1 heterocycles. The van der Waals surface area contributed by atoms with Gasteiger partial charge in [0.1, 0.15) is 5.82 Å². The monoisotopic (exact) mass is 245 g/mol. The second-order valence-electron chi connectivity index (χ2n) is 6.22. The van der Waals surface area contributed by atoms with Crippen molar-refractivity contribution in [3.63, 3.8) is 0 Å². The molecule has 1 aromatic heterocycles. The first-order chi connectivity index (χ1) is 8.75. The number of amides is 1. The summed E-state index contributed by atoms with van der Waals surface area (Å²) in [5.74, 6) is 4.56. The van der Waals surface area contributed by atoms with Gasteiger partial charge in [-0.3, -0.25) is 4.79 Å². The molecule has 0 radical (unpaired) electrons. The van der Waals surface area contributed by atoms with Crippen LogP contribution in [0.25, 0.3) is 0 Å². The molecular formula is C14H19N3O. The molecule has 5 unspecified atom stereocenters. The highest BCUT2D eigenvalue weighted by molar-refractivity contribution is 5.83. The summed E-state index contributed by atoms with van der Waals surface area (Å²) in [6.07, 6.45) is 7.65. The van der Waals surface area contributed by atoms with Crippen LogP contribution < -0.4 is 5.32 Å². The lowest BCUT2D eigenvalue weighted by Gasteiger charge is -2.13. The largest absolute Gasteiger partial charge is 0.347 e. The number of fused-ring (bicyclic) bond motifs is 5. The fraction of sp³-hybridized carbons (Fsp3) is 0.714. The molecule has 18 heavy (non-hydrogen) atoms. The van der Waals surface area contributed by atoms with Gasteiger partial charge in [-0.25, -0.2) is 4.98 Å². The summed E-state index contributed by atoms with van der Waals surface area (Å²) < 4.78 is 0. The smallest absolute Gasteiger partial charge is 0.224 e. The quantitative estimate of drug-likeness (QED) is 0.854. The number of imidazole rings is 1. The topological polar surface area (TPSA) is 57.8 Å². The van der Waals surface area contributed by atoms with Gasteiger partial charge in [0.05, 0.1) is 6.04 Å². The second-order valence-corrected chi connectivity index (χ2v) is 6.22. The zero-order valence-electron chi connectivity index (χ0n) is 10.6. The van der Waals surface area contributed by atoms with Gasteiger partial charge in [-0.15, -0.1) is 0 Å². The van der Waals surface area contributed by atoms with E-state index in [1.165, 1.54) is 19.3 Å². The van der Waals surface area contributed by atoms with E-state index in [1.807, 2.05) is 6.92 Å². The molecule has 1 aromatic rings. The summed E-state index contributed by atoms with van der Waals surface area (Å²) in [5.41, 5.74) is 0. The molecule has 2 bridgehead atoms. The summed E-state index contributed by atoms with van der Waals surface area (Å²) in [7, 11) is 0. The zero-order chi connectivity index (χ0) is 12.3. The third-order valence-corrected chi connectivity index (χ3v) is 5.33. The molecule has 1 amide bonds. The Morgan fingerprint density at radius 2 is 2.17 bits per heavy atom. The minimum atomic E-state index is -0.00789. The van der Waals surface area contributed by atoms with Gasteiger partial charge >= 0.3 is 0 Å². The van der Waals surface area contributed by atoms with Crippen molar-refractivity contribution in [3.8, 4) is 0 Å². The molecular weight excluding hydrogens is 226 g/mol. The number of aromatic nitrogens is 2. The third-order valence-electron chi connectivity index (χ3n) is 5.33. The molecule has 0 aromatic carbocycles. The van der Waals surface area contributed by atoms with Crippen molar-refractivity contribution >= 4 is 5.91 Å². The summed E-state index contributed by atoms with van der Waals surface area (Å²) in [6.45, 7) is 1.99. The van der Waals surface area contributed by atoms with E-state index < -0.39 is 0 Å². The predicted octanol–water partition coefficient (Wildman–Crippen LogP) is 1.88. The Bertz CT molecular complexity index is 453. The molecule has 0 saturated heterocycles. The van der Waals surface area contributed by atoms with Crippen LogP contribution in [0.1, 0.15) is 38.1 Å². The second kappa shape index (κ2) is 3.59. The van der Waals surface area contributed by atoms with E-state index in [-0.39, 0.29) is 11.9 Å². The lowest BCUT2D eigenvalue weighted by molar-refractivity contribution is -0.124. The molecule has 4 rings (SSSR count). The molecule has 3 aliphatic rings. The Hall–Kier alpha value is -1.32. The van der Waals surface area contributed by atoms with Crippen molar-refractivity contribution in [2.24, 2.45) is 29.6 Å². The minimum absolute atomic E-state index is 0.00789. The van der Waals surface area contributed by atoms with Crippen LogP contribution in [0.15, 0.2) is 12.4 Å². The maximum atomic E-state index is 12.3. The Balaban J connectivity index is 1.41. The molecule has 5 atom stereocenters. The number of carbonyl (C=O) groups is 1. The molecule has 3 fully saturated rings. The predicted molar refractivity (Wildman–Crippen MR) is 66.4 cm³/mol. The number of H-pyrrole nitrogens is 1. The van der Waals surface area contributed by atoms with Gasteiger partial charge in [0.2, 0.25) is 5.91 Å². The van der Waals surface area contributed by atoms with Gasteiger partial charge in [0.15, 0.2) is 0 Å². The maximum absolute atomic E-state index is 12.3. The van der Waals surface area contributed by atoms with Crippen LogP contribution in [-0.4, -0.2) is 15.9 Å². The van der Waals surface area contributed by atoms with Crippen LogP contribution in [0.5, 0.6) is 0 Å². The van der Waals surface area contributed by atoms with Crippen LogP contribution in [0, 0.1) is 29.6 Å². The first kappa shape index (κ1) is 10.6. The SMILES string of the molecule is CC(NC(=O)C1C2C3CCC(C3)C12)c1ncc[nH]1. The van der Waals surface area contributed by atoms with Crippen LogP contribution in [0.4, 0.5) is 0 Å². The van der Waals surface area contributed by atoms with Crippen molar-refractivity contribution in [1.29, 1.82) is 0 Å². The van der Waals surface area contributed by atoms with E-state index in [9.17, 15) is 4.79 Å². The standard InChI is InChI=1S/C14H19N3O/c1-7(13-15-4-5-16-13)17-14(18)12-10-8-2-3-9(6-8)11(10)12/h4-5,7-12H,2-3,6H2,1H3,(H,15,16)(H,17,18). The lowest BCUT2D eigenvalue weighted by Crippen LogP contribution is -2.30. The molecule has 0 aliphatic heterocycles. The van der Waals surface area contributed by atoms with Gasteiger partial charge in [0, 0.05) is 18.3 Å². The van der Waals surface area contributed by atoms with E-state index in [0.717, 1.165) is 17.7 Å². The van der Waals surface area contributed by atoms with Gasteiger partial charge in [-0.05, 0) is 49.9 Å². The molecule has 2 N–H and O–H groups in total. The highest BCUT2D eigenvalue weighted by atomic mass is 16.2. The summed E-state index contributed by atoms with van der Waals surface area (Å²) in [4.78, 5) is 19.5. The Morgan fingerprint density at radius 1 is 1.44 bits per heavy atom. The number of hydrogen-bond acceptors (Lipinski definition) is 2. The highest BCUT2D eigenvalue weighted by Crippen LogP contribution is 2.69. The van der Waals surface area contributed by atoms with Crippen LogP contribution in [0.2, 0.25) is 0 Å². The van der Waals surface area contributed by atoms with E-state index in [2.05, 4.69) is 15.3 Å². The van der Waals surface area contributed by atoms with Gasteiger partial charge in [0.25, 0.3) is 0 Å². The average Bonchev–Trinajstić information content (AvgIpc) is 2.82. The number of rotatable bonds is 3. The van der Waals surface area contributed by atoms with Crippen LogP contribution >= 0.6 is 0 Å². The number of nitrogens with one attached hydrogen (secondary N) is 2. The average molecular weight is 245 g/mol. The van der Waals surface area contributed by atoms with Crippen LogP contribution in [-0.2, 0) is 4.79 Å². The molecule has 3 aliphatic carbocycles. The first-order valence-corrected chi connectivity index (χ1v) is 7.05. The highest BCUT2D eigenvalue weighted by Gasteiger charge is 2.67. The molecule has 4 nitrogen and oxygen atoms in total. The Morgan fingerprint density at radius 3 is 2.78 bits per heavy atom. The van der Waals surface area contributed by atoms with Crippen LogP contribution in [0.3, 0.4) is 0 Å². The van der Waals surface area contributed by atoms with Crippen molar-refractivity contribution in [2.75, 3.05) is 0 Å². The molecule has 96 valence electrons. The van der Waals surface area contributed by atoms with Crippen molar-refractivity contribution in [3.05, 3.63) is 18.2 Å². The number of aromatic amines is 1. The number of carbonyl (C=O) groups excluding carboxylic acids is 1. The van der Waals surface area contributed by atoms with E-state index in [1.54, 1.807) is 12.4 Å². The summed E-state index contributed by atoms with van der Waals surface area (Å²) in [5, 5.41) is 3.11. The van der Waals surface area contributed by atoms with E-state index in [0.29, 0.717) is 17.8 Å². The van der Waals surface area contributed by atoms with Crippen molar-refractivity contribution in [2.45, 2.75) is 32.2 Å². The normalized spacial score (nSPS) is 41.5. The maximum Gasteiger partial charge on any atom is 0.224 e. The molecule has 0 spiro atoms. The first-order valence-electron chi connectivity index (χ1n) is 7.05. The Kier molecular flexibility index (Phi) is 2.11. The third kappa shape index (κ3) is 1.38. The van der Waals surface area contributed by atoms with E-state index in [4.69, 9.17) is 0 Å². The number of hydrogen-bond donors (Lipinski definition) is 2. The molecule has 4 heteroatoms. The Labute approximate surface area is 107 Å². The molecule has 3 saturated carbocycles. The van der Waals surface area contributed by atoms with E-state index >= 15 is 0 Å². The van der Waals surface area contributed by atoms with Gasteiger partial charge < -0.3 is 10.3 Å². The number of nitrogens with zero attached hydrogens (tertiary/aromatic N) is 1. The minimum Gasteiger partial charge on any atom is -0.347 e. The fourth-order valence-electron chi connectivity index (χ4n) is 4.57. The lowest BCUT2D eigenvalue weighted by atomic mass is 10.0. The van der Waals surface area contributed by atoms with Crippen molar-refractivity contribution in [1.82, 2.24) is 15.3 Å². The summed E-state index contributed by atoms with van der Waals surface area (Å²) >= 11 is 0. The fourth-order valence-corrected chi connectivity index (χ4v) is 4.57. The zero-order valence-corrected chi connectivity index (χ0v) is 10.6.